The van der Waals surface area contributed by atoms with Crippen molar-refractivity contribution in [3.05, 3.63) is 23.9 Å². The van der Waals surface area contributed by atoms with Crippen molar-refractivity contribution in [1.82, 2.24) is 4.90 Å². The van der Waals surface area contributed by atoms with Crippen LogP contribution in [0.2, 0.25) is 0 Å². The SMILES string of the molecule is CCCCN1C=CC=C(C)C1.F[B-](F)(F)F.[H+]. The lowest BCUT2D eigenvalue weighted by atomic mass is 10.2. The Morgan fingerprint density at radius 3 is 2.38 bits per heavy atom. The van der Waals surface area contributed by atoms with Crippen molar-refractivity contribution in [2.45, 2.75) is 26.7 Å². The number of nitrogens with zero attached hydrogens (tertiary/aromatic N) is 1. The van der Waals surface area contributed by atoms with E-state index in [4.69, 9.17) is 0 Å². The molecule has 0 N–H and O–H groups in total. The van der Waals surface area contributed by atoms with Gasteiger partial charge < -0.3 is 22.2 Å². The number of hydrogen-bond acceptors (Lipinski definition) is 1. The largest absolute Gasteiger partial charge is 1.00 e. The fourth-order valence-electron chi connectivity index (χ4n) is 1.27. The summed E-state index contributed by atoms with van der Waals surface area (Å²) in [6.07, 6.45) is 9.09. The second-order valence-corrected chi connectivity index (χ2v) is 3.67. The van der Waals surface area contributed by atoms with Crippen molar-refractivity contribution in [2.75, 3.05) is 13.1 Å². The van der Waals surface area contributed by atoms with Crippen molar-refractivity contribution < 1.29 is 18.7 Å². The predicted octanol–water partition coefficient (Wildman–Crippen LogP) is 3.97. The maximum Gasteiger partial charge on any atom is 1.00 e. The molecule has 0 amide bonds. The number of allylic oxidation sites excluding steroid dienone is 2. The molecule has 0 unspecified atom stereocenters. The van der Waals surface area contributed by atoms with Gasteiger partial charge in [-0.2, -0.15) is 0 Å². The fourth-order valence-corrected chi connectivity index (χ4v) is 1.27. The lowest BCUT2D eigenvalue weighted by Crippen LogP contribution is -2.22. The Balaban J connectivity index is 0. The molecule has 0 aromatic heterocycles. The molecule has 0 atom stereocenters. The van der Waals surface area contributed by atoms with E-state index in [1.807, 2.05) is 0 Å². The Kier molecular flexibility index (Phi) is 6.93. The summed E-state index contributed by atoms with van der Waals surface area (Å²) in [5, 5.41) is 0. The van der Waals surface area contributed by atoms with Gasteiger partial charge in [0.2, 0.25) is 0 Å². The third kappa shape index (κ3) is 11.1. The first-order chi connectivity index (χ1) is 7.33. The van der Waals surface area contributed by atoms with Crippen molar-refractivity contribution in [3.63, 3.8) is 0 Å². The van der Waals surface area contributed by atoms with E-state index in [-0.39, 0.29) is 1.43 Å². The van der Waals surface area contributed by atoms with Gasteiger partial charge >= 0.3 is 8.68 Å². The molecule has 0 saturated heterocycles. The molecule has 0 aromatic carbocycles. The summed E-state index contributed by atoms with van der Waals surface area (Å²) >= 11 is 0. The smallest absolute Gasteiger partial charge is 0.418 e. The summed E-state index contributed by atoms with van der Waals surface area (Å²) < 4.78 is 39.0. The molecule has 0 fully saturated rings. The van der Waals surface area contributed by atoms with Crippen LogP contribution in [0, 0.1) is 0 Å². The maximum absolute atomic E-state index is 9.75. The minimum atomic E-state index is -6.00. The minimum Gasteiger partial charge on any atom is -0.418 e. The normalized spacial score (nSPS) is 15.4. The van der Waals surface area contributed by atoms with E-state index < -0.39 is 7.25 Å². The minimum absolute atomic E-state index is 0. The maximum atomic E-state index is 9.75. The summed E-state index contributed by atoms with van der Waals surface area (Å²) in [5.74, 6) is 0. The number of halogens is 4. The van der Waals surface area contributed by atoms with Gasteiger partial charge in [-0.1, -0.05) is 25.0 Å². The molecule has 0 aromatic rings. The van der Waals surface area contributed by atoms with E-state index in [0.29, 0.717) is 0 Å². The summed E-state index contributed by atoms with van der Waals surface area (Å²) in [4.78, 5) is 2.37. The van der Waals surface area contributed by atoms with Gasteiger partial charge in [-0.25, -0.2) is 0 Å². The first kappa shape index (κ1) is 15.1. The number of unbranched alkanes of at least 4 members (excludes halogenated alkanes) is 1. The Morgan fingerprint density at radius 1 is 1.38 bits per heavy atom. The first-order valence-corrected chi connectivity index (χ1v) is 5.28. The average molecular weight is 239 g/mol. The van der Waals surface area contributed by atoms with Crippen LogP contribution in [-0.4, -0.2) is 25.2 Å². The van der Waals surface area contributed by atoms with E-state index in [1.165, 1.54) is 25.0 Å². The van der Waals surface area contributed by atoms with Crippen molar-refractivity contribution in [3.8, 4) is 0 Å². The van der Waals surface area contributed by atoms with Crippen LogP contribution in [0.5, 0.6) is 0 Å². The predicted molar refractivity (Wildman–Crippen MR) is 60.7 cm³/mol. The van der Waals surface area contributed by atoms with Gasteiger partial charge in [0.25, 0.3) is 0 Å². The highest BCUT2D eigenvalue weighted by Gasteiger charge is 2.20. The van der Waals surface area contributed by atoms with E-state index >= 15 is 0 Å². The Labute approximate surface area is 95.4 Å². The van der Waals surface area contributed by atoms with Gasteiger partial charge in [-0.15, -0.1) is 0 Å². The molecule has 16 heavy (non-hydrogen) atoms. The van der Waals surface area contributed by atoms with Gasteiger partial charge in [0.1, 0.15) is 0 Å². The van der Waals surface area contributed by atoms with Gasteiger partial charge in [0.05, 0.1) is 0 Å². The summed E-state index contributed by atoms with van der Waals surface area (Å²) in [5.41, 5.74) is 1.46. The molecular weight excluding hydrogens is 221 g/mol. The third-order valence-electron chi connectivity index (χ3n) is 1.93. The monoisotopic (exact) mass is 239 g/mol. The van der Waals surface area contributed by atoms with Crippen LogP contribution in [0.25, 0.3) is 0 Å². The Bertz CT molecular complexity index is 247. The average Bonchev–Trinajstić information content (AvgIpc) is 2.12. The Hall–Kier alpha value is -0.935. The topological polar surface area (TPSA) is 3.24 Å². The van der Waals surface area contributed by atoms with Crippen molar-refractivity contribution >= 4 is 7.25 Å². The van der Waals surface area contributed by atoms with Crippen LogP contribution in [0.4, 0.5) is 17.3 Å². The second kappa shape index (κ2) is 7.36. The number of hydrogen-bond donors (Lipinski definition) is 0. The molecule has 0 aliphatic carbocycles. The molecule has 1 aliphatic heterocycles. The lowest BCUT2D eigenvalue weighted by Gasteiger charge is -2.22. The molecule has 0 spiro atoms. The standard InChI is InChI=1S/C10H17N.BF4/c1-3-4-7-11-8-5-6-10(2)9-11;2-1(3,4)5/h5-6,8H,3-4,7,9H2,1-2H3;/q;-1/p+1. The van der Waals surface area contributed by atoms with E-state index in [1.54, 1.807) is 0 Å². The molecule has 1 nitrogen and oxygen atoms in total. The summed E-state index contributed by atoms with van der Waals surface area (Å²) in [6, 6.07) is 0. The zero-order valence-corrected chi connectivity index (χ0v) is 9.60. The summed E-state index contributed by atoms with van der Waals surface area (Å²) in [6.45, 7) is 6.74. The van der Waals surface area contributed by atoms with E-state index in [9.17, 15) is 17.3 Å². The quantitative estimate of drug-likeness (QED) is 0.532. The van der Waals surface area contributed by atoms with Gasteiger partial charge in [0.15, 0.2) is 0 Å². The van der Waals surface area contributed by atoms with E-state index in [0.717, 1.165) is 6.54 Å². The molecule has 0 saturated carbocycles. The highest BCUT2D eigenvalue weighted by atomic mass is 19.5. The lowest BCUT2D eigenvalue weighted by molar-refractivity contribution is 0.368. The molecule has 94 valence electrons. The van der Waals surface area contributed by atoms with Gasteiger partial charge in [0, 0.05) is 13.1 Å². The zero-order chi connectivity index (χ0) is 12.6. The molecule has 1 aliphatic rings. The molecule has 0 radical (unpaired) electrons. The number of rotatable bonds is 3. The fraction of sp³-hybridized carbons (Fsp3) is 0.600. The van der Waals surface area contributed by atoms with Crippen LogP contribution in [0.15, 0.2) is 23.9 Å². The molecule has 6 heteroatoms. The molecule has 1 rings (SSSR count). The molecule has 0 bridgehead atoms. The Morgan fingerprint density at radius 2 is 1.94 bits per heavy atom. The van der Waals surface area contributed by atoms with Gasteiger partial charge in [-0.05, 0) is 25.6 Å². The van der Waals surface area contributed by atoms with Crippen LogP contribution in [-0.2, 0) is 0 Å². The second-order valence-electron chi connectivity index (χ2n) is 3.67. The van der Waals surface area contributed by atoms with Crippen LogP contribution in [0.3, 0.4) is 0 Å². The van der Waals surface area contributed by atoms with Crippen molar-refractivity contribution in [2.24, 2.45) is 0 Å². The summed E-state index contributed by atoms with van der Waals surface area (Å²) in [7, 11) is -6.00. The van der Waals surface area contributed by atoms with Crippen LogP contribution in [0.1, 0.15) is 28.1 Å². The van der Waals surface area contributed by atoms with Crippen LogP contribution < -0.4 is 0 Å². The van der Waals surface area contributed by atoms with E-state index in [2.05, 4.69) is 37.1 Å². The molecular formula is C10H18BF4N. The highest BCUT2D eigenvalue weighted by molar-refractivity contribution is 6.50. The van der Waals surface area contributed by atoms with Crippen LogP contribution >= 0.6 is 0 Å². The van der Waals surface area contributed by atoms with Gasteiger partial charge in [-0.3, -0.25) is 0 Å². The first-order valence-electron chi connectivity index (χ1n) is 5.28. The van der Waals surface area contributed by atoms with Crippen molar-refractivity contribution in [1.29, 1.82) is 0 Å². The third-order valence-corrected chi connectivity index (χ3v) is 1.93. The highest BCUT2D eigenvalue weighted by Crippen LogP contribution is 2.07. The molecule has 1 heterocycles. The zero-order valence-electron chi connectivity index (χ0n) is 10.6.